The number of para-hydroxylation sites is 1. The fraction of sp³-hybridized carbons (Fsp3) is 0.500. The van der Waals surface area contributed by atoms with Crippen molar-refractivity contribution in [1.82, 2.24) is 4.90 Å². The van der Waals surface area contributed by atoms with Gasteiger partial charge in [-0.3, -0.25) is 14.4 Å². The first-order chi connectivity index (χ1) is 11.9. The predicted molar refractivity (Wildman–Crippen MR) is 88.4 cm³/mol. The van der Waals surface area contributed by atoms with E-state index >= 15 is 0 Å². The lowest BCUT2D eigenvalue weighted by Crippen LogP contribution is -2.49. The standard InChI is InChI=1S/C18H21FN2O4/c1-11-6-7-12(18(24)25)9-20(11)17(23)13-8-16(22)21(10-13)15-5-3-2-4-14(15)19/h2-5,11-13H,6-10H2,1H3,(H,24,25). The zero-order chi connectivity index (χ0) is 18.1. The van der Waals surface area contributed by atoms with Gasteiger partial charge < -0.3 is 14.9 Å². The van der Waals surface area contributed by atoms with Crippen molar-refractivity contribution in [2.45, 2.75) is 32.2 Å². The van der Waals surface area contributed by atoms with Crippen LogP contribution >= 0.6 is 0 Å². The van der Waals surface area contributed by atoms with Crippen LogP contribution in [-0.2, 0) is 14.4 Å². The molecule has 0 saturated carbocycles. The Morgan fingerprint density at radius 3 is 2.56 bits per heavy atom. The average molecular weight is 348 g/mol. The number of likely N-dealkylation sites (tertiary alicyclic amines) is 1. The van der Waals surface area contributed by atoms with Gasteiger partial charge in [0, 0.05) is 25.6 Å². The summed E-state index contributed by atoms with van der Waals surface area (Å²) in [6, 6.07) is 5.93. The zero-order valence-corrected chi connectivity index (χ0v) is 14.0. The molecule has 2 heterocycles. The van der Waals surface area contributed by atoms with Gasteiger partial charge in [-0.05, 0) is 31.9 Å². The predicted octanol–water partition coefficient (Wildman–Crippen LogP) is 1.89. The van der Waals surface area contributed by atoms with Gasteiger partial charge >= 0.3 is 5.97 Å². The Kier molecular flexibility index (Phi) is 4.74. The number of nitrogens with zero attached hydrogens (tertiary/aromatic N) is 2. The number of carbonyl (C=O) groups excluding carboxylic acids is 2. The topological polar surface area (TPSA) is 77.9 Å². The summed E-state index contributed by atoms with van der Waals surface area (Å²) in [5.41, 5.74) is 0.179. The third kappa shape index (κ3) is 3.36. The second-order valence-electron chi connectivity index (χ2n) is 6.81. The molecule has 1 aromatic rings. The van der Waals surface area contributed by atoms with E-state index < -0.39 is 23.6 Å². The Bertz CT molecular complexity index is 708. The van der Waals surface area contributed by atoms with Gasteiger partial charge in [-0.25, -0.2) is 4.39 Å². The van der Waals surface area contributed by atoms with Crippen LogP contribution < -0.4 is 4.90 Å². The summed E-state index contributed by atoms with van der Waals surface area (Å²) >= 11 is 0. The molecule has 3 unspecified atom stereocenters. The molecule has 2 saturated heterocycles. The second kappa shape index (κ2) is 6.82. The first-order valence-electron chi connectivity index (χ1n) is 8.46. The number of piperidine rings is 1. The first kappa shape index (κ1) is 17.4. The van der Waals surface area contributed by atoms with Crippen LogP contribution in [-0.4, -0.2) is 46.9 Å². The van der Waals surface area contributed by atoms with E-state index in [1.165, 1.54) is 17.0 Å². The summed E-state index contributed by atoms with van der Waals surface area (Å²) in [6.07, 6.45) is 1.19. The molecule has 6 nitrogen and oxygen atoms in total. The number of aliphatic carboxylic acids is 1. The summed E-state index contributed by atoms with van der Waals surface area (Å²) < 4.78 is 13.9. The smallest absolute Gasteiger partial charge is 0.308 e. The van der Waals surface area contributed by atoms with Crippen LogP contribution in [0, 0.1) is 17.7 Å². The Hall–Kier alpha value is -2.44. The maximum Gasteiger partial charge on any atom is 0.308 e. The monoisotopic (exact) mass is 348 g/mol. The number of anilines is 1. The summed E-state index contributed by atoms with van der Waals surface area (Å²) in [4.78, 5) is 39.2. The number of rotatable bonds is 3. The maximum atomic E-state index is 13.9. The largest absolute Gasteiger partial charge is 0.481 e. The first-order valence-corrected chi connectivity index (χ1v) is 8.46. The van der Waals surface area contributed by atoms with Crippen LogP contribution in [0.5, 0.6) is 0 Å². The minimum atomic E-state index is -0.903. The van der Waals surface area contributed by atoms with E-state index in [0.717, 1.165) is 0 Å². The van der Waals surface area contributed by atoms with E-state index in [0.29, 0.717) is 12.8 Å². The van der Waals surface area contributed by atoms with Crippen LogP contribution in [0.4, 0.5) is 10.1 Å². The van der Waals surface area contributed by atoms with Gasteiger partial charge in [-0.15, -0.1) is 0 Å². The molecule has 25 heavy (non-hydrogen) atoms. The average Bonchev–Trinajstić information content (AvgIpc) is 2.96. The molecule has 2 aliphatic heterocycles. The molecule has 2 aliphatic rings. The van der Waals surface area contributed by atoms with E-state index in [9.17, 15) is 23.9 Å². The molecule has 2 amide bonds. The SMILES string of the molecule is CC1CCC(C(=O)O)CN1C(=O)C1CC(=O)N(c2ccccc2F)C1. The maximum absolute atomic E-state index is 13.9. The fourth-order valence-electron chi connectivity index (χ4n) is 3.63. The zero-order valence-electron chi connectivity index (χ0n) is 14.0. The fourth-order valence-corrected chi connectivity index (χ4v) is 3.63. The number of carboxylic acids is 1. The summed E-state index contributed by atoms with van der Waals surface area (Å²) in [6.45, 7) is 2.18. The van der Waals surface area contributed by atoms with Crippen molar-refractivity contribution in [2.75, 3.05) is 18.0 Å². The van der Waals surface area contributed by atoms with Crippen LogP contribution in [0.3, 0.4) is 0 Å². The van der Waals surface area contributed by atoms with Gasteiger partial charge in [0.25, 0.3) is 0 Å². The van der Waals surface area contributed by atoms with Crippen molar-refractivity contribution in [3.05, 3.63) is 30.1 Å². The van der Waals surface area contributed by atoms with Gasteiger partial charge in [-0.2, -0.15) is 0 Å². The lowest BCUT2D eigenvalue weighted by Gasteiger charge is -2.37. The molecule has 134 valence electrons. The van der Waals surface area contributed by atoms with Crippen molar-refractivity contribution in [3.63, 3.8) is 0 Å². The highest BCUT2D eigenvalue weighted by Crippen LogP contribution is 2.30. The molecule has 3 rings (SSSR count). The van der Waals surface area contributed by atoms with Gasteiger partial charge in [0.1, 0.15) is 5.82 Å². The Labute approximate surface area is 145 Å². The number of halogens is 1. The van der Waals surface area contributed by atoms with E-state index in [4.69, 9.17) is 0 Å². The number of benzene rings is 1. The number of carboxylic acid groups (broad SMARTS) is 1. The van der Waals surface area contributed by atoms with Crippen LogP contribution in [0.1, 0.15) is 26.2 Å². The minimum absolute atomic E-state index is 0.0220. The highest BCUT2D eigenvalue weighted by molar-refractivity contribution is 6.00. The minimum Gasteiger partial charge on any atom is -0.481 e. The number of amides is 2. The lowest BCUT2D eigenvalue weighted by molar-refractivity contribution is -0.148. The van der Waals surface area contributed by atoms with Crippen LogP contribution in [0.25, 0.3) is 0 Å². The van der Waals surface area contributed by atoms with E-state index in [1.807, 2.05) is 6.92 Å². The van der Waals surface area contributed by atoms with E-state index in [2.05, 4.69) is 0 Å². The summed E-state index contributed by atoms with van der Waals surface area (Å²) in [5.74, 6) is -3.04. The Morgan fingerprint density at radius 2 is 1.88 bits per heavy atom. The molecule has 0 aliphatic carbocycles. The van der Waals surface area contributed by atoms with Gasteiger partial charge in [0.2, 0.25) is 11.8 Å². The third-order valence-corrected chi connectivity index (χ3v) is 5.13. The van der Waals surface area contributed by atoms with Crippen molar-refractivity contribution >= 4 is 23.5 Å². The van der Waals surface area contributed by atoms with Crippen molar-refractivity contribution in [2.24, 2.45) is 11.8 Å². The molecular weight excluding hydrogens is 327 g/mol. The van der Waals surface area contributed by atoms with E-state index in [1.54, 1.807) is 17.0 Å². The summed E-state index contributed by atoms with van der Waals surface area (Å²) in [5, 5.41) is 9.21. The molecule has 7 heteroatoms. The second-order valence-corrected chi connectivity index (χ2v) is 6.81. The molecule has 3 atom stereocenters. The molecule has 1 N–H and O–H groups in total. The van der Waals surface area contributed by atoms with Crippen molar-refractivity contribution in [1.29, 1.82) is 0 Å². The van der Waals surface area contributed by atoms with Crippen molar-refractivity contribution < 1.29 is 23.9 Å². The molecule has 0 spiro atoms. The van der Waals surface area contributed by atoms with Crippen LogP contribution in [0.15, 0.2) is 24.3 Å². The van der Waals surface area contributed by atoms with Gasteiger partial charge in [0.15, 0.2) is 0 Å². The lowest BCUT2D eigenvalue weighted by atomic mass is 9.92. The molecule has 2 fully saturated rings. The Balaban J connectivity index is 1.74. The number of hydrogen-bond donors (Lipinski definition) is 1. The van der Waals surface area contributed by atoms with Crippen LogP contribution in [0.2, 0.25) is 0 Å². The number of hydrogen-bond acceptors (Lipinski definition) is 3. The quantitative estimate of drug-likeness (QED) is 0.905. The highest BCUT2D eigenvalue weighted by Gasteiger charge is 2.41. The normalized spacial score (nSPS) is 26.8. The highest BCUT2D eigenvalue weighted by atomic mass is 19.1. The van der Waals surface area contributed by atoms with Crippen molar-refractivity contribution in [3.8, 4) is 0 Å². The third-order valence-electron chi connectivity index (χ3n) is 5.13. The number of carbonyl (C=O) groups is 3. The van der Waals surface area contributed by atoms with Gasteiger partial charge in [-0.1, -0.05) is 12.1 Å². The molecule has 0 radical (unpaired) electrons. The Morgan fingerprint density at radius 1 is 1.16 bits per heavy atom. The molecule has 0 bridgehead atoms. The van der Waals surface area contributed by atoms with E-state index in [-0.39, 0.29) is 43.1 Å². The molecular formula is C18H21FN2O4. The molecule has 0 aromatic heterocycles. The summed E-state index contributed by atoms with van der Waals surface area (Å²) in [7, 11) is 0. The van der Waals surface area contributed by atoms with Gasteiger partial charge in [0.05, 0.1) is 17.5 Å². The molecule has 1 aromatic carbocycles.